The highest BCUT2D eigenvalue weighted by atomic mass is 16.1. The quantitative estimate of drug-likeness (QED) is 0.814. The molecule has 0 aromatic carbocycles. The van der Waals surface area contributed by atoms with Crippen molar-refractivity contribution in [3.63, 3.8) is 0 Å². The van der Waals surface area contributed by atoms with E-state index in [0.29, 0.717) is 6.42 Å². The zero-order valence-corrected chi connectivity index (χ0v) is 10.3. The average Bonchev–Trinajstić information content (AvgIpc) is 2.16. The summed E-state index contributed by atoms with van der Waals surface area (Å²) in [7, 11) is 1.85. The van der Waals surface area contributed by atoms with Crippen LogP contribution < -0.4 is 10.6 Å². The van der Waals surface area contributed by atoms with Crippen LogP contribution in [0.5, 0.6) is 0 Å². The number of nitrogens with zero attached hydrogens (tertiary/aromatic N) is 1. The summed E-state index contributed by atoms with van der Waals surface area (Å²) in [6.45, 7) is 5.88. The molecule has 0 saturated heterocycles. The first kappa shape index (κ1) is 12.6. The molecule has 0 bridgehead atoms. The van der Waals surface area contributed by atoms with Gasteiger partial charge in [-0.2, -0.15) is 0 Å². The van der Waals surface area contributed by atoms with Gasteiger partial charge in [0.2, 0.25) is 5.91 Å². The molecule has 0 spiro atoms. The smallest absolute Gasteiger partial charge is 0.226 e. The fraction of sp³-hybridized carbons (Fsp3) is 0.500. The minimum Gasteiger partial charge on any atom is -0.326 e. The number of rotatable bonds is 4. The molecule has 0 aliphatic carbocycles. The minimum absolute atomic E-state index is 0.00458. The molecule has 0 radical (unpaired) electrons. The van der Waals surface area contributed by atoms with Crippen LogP contribution in [0, 0.1) is 6.92 Å². The molecule has 1 heterocycles. The summed E-state index contributed by atoms with van der Waals surface area (Å²) >= 11 is 0. The second-order valence-corrected chi connectivity index (χ2v) is 4.54. The number of aromatic nitrogens is 1. The maximum absolute atomic E-state index is 11.7. The number of carbonyl (C=O) groups is 1. The molecule has 88 valence electrons. The van der Waals surface area contributed by atoms with E-state index in [1.807, 2.05) is 33.9 Å². The molecule has 2 N–H and O–H groups in total. The molecule has 0 fully saturated rings. The van der Waals surface area contributed by atoms with Gasteiger partial charge in [-0.3, -0.25) is 9.78 Å². The van der Waals surface area contributed by atoms with Crippen LogP contribution in [-0.4, -0.2) is 23.5 Å². The van der Waals surface area contributed by atoms with Gasteiger partial charge in [0.25, 0.3) is 0 Å². The van der Waals surface area contributed by atoms with Crippen molar-refractivity contribution in [2.24, 2.45) is 0 Å². The SMILES string of the molecule is CNC(C)(C)CC(=O)Nc1ccnc(C)c1. The van der Waals surface area contributed by atoms with E-state index < -0.39 is 0 Å². The molecule has 1 aromatic rings. The van der Waals surface area contributed by atoms with Crippen LogP contribution in [0.1, 0.15) is 26.0 Å². The lowest BCUT2D eigenvalue weighted by molar-refractivity contribution is -0.117. The van der Waals surface area contributed by atoms with E-state index in [-0.39, 0.29) is 11.4 Å². The molecule has 4 heteroatoms. The zero-order valence-electron chi connectivity index (χ0n) is 10.3. The van der Waals surface area contributed by atoms with E-state index in [9.17, 15) is 4.79 Å². The Morgan fingerprint density at radius 1 is 1.50 bits per heavy atom. The maximum Gasteiger partial charge on any atom is 0.226 e. The maximum atomic E-state index is 11.7. The van der Waals surface area contributed by atoms with Gasteiger partial charge in [-0.1, -0.05) is 0 Å². The monoisotopic (exact) mass is 221 g/mol. The minimum atomic E-state index is -0.188. The first-order valence-corrected chi connectivity index (χ1v) is 5.34. The summed E-state index contributed by atoms with van der Waals surface area (Å²) in [6, 6.07) is 3.64. The van der Waals surface area contributed by atoms with Gasteiger partial charge in [-0.05, 0) is 40.0 Å². The van der Waals surface area contributed by atoms with Gasteiger partial charge in [0.1, 0.15) is 0 Å². The van der Waals surface area contributed by atoms with Crippen molar-refractivity contribution in [3.05, 3.63) is 24.0 Å². The van der Waals surface area contributed by atoms with Gasteiger partial charge in [0, 0.05) is 29.5 Å². The molecule has 4 nitrogen and oxygen atoms in total. The van der Waals surface area contributed by atoms with Gasteiger partial charge in [-0.15, -0.1) is 0 Å². The number of hydrogen-bond acceptors (Lipinski definition) is 3. The topological polar surface area (TPSA) is 54.0 Å². The molecular formula is C12H19N3O. The number of amides is 1. The largest absolute Gasteiger partial charge is 0.326 e. The Hall–Kier alpha value is -1.42. The highest BCUT2D eigenvalue weighted by molar-refractivity contribution is 5.91. The fourth-order valence-electron chi connectivity index (χ4n) is 1.32. The lowest BCUT2D eigenvalue weighted by Crippen LogP contribution is -2.39. The Morgan fingerprint density at radius 2 is 2.19 bits per heavy atom. The van der Waals surface area contributed by atoms with Gasteiger partial charge in [0.15, 0.2) is 0 Å². The molecule has 1 rings (SSSR count). The van der Waals surface area contributed by atoms with E-state index in [2.05, 4.69) is 15.6 Å². The molecule has 1 aromatic heterocycles. The summed E-state index contributed by atoms with van der Waals surface area (Å²) in [5.74, 6) is 0.00458. The highest BCUT2D eigenvalue weighted by Gasteiger charge is 2.19. The van der Waals surface area contributed by atoms with Crippen LogP contribution in [0.25, 0.3) is 0 Å². The third kappa shape index (κ3) is 3.98. The summed E-state index contributed by atoms with van der Waals surface area (Å²) in [6.07, 6.45) is 2.12. The van der Waals surface area contributed by atoms with E-state index in [0.717, 1.165) is 11.4 Å². The molecular weight excluding hydrogens is 202 g/mol. The molecule has 1 amide bonds. The molecule has 0 atom stereocenters. The van der Waals surface area contributed by atoms with Crippen LogP contribution in [0.3, 0.4) is 0 Å². The van der Waals surface area contributed by atoms with Crippen molar-refractivity contribution in [3.8, 4) is 0 Å². The number of hydrogen-bond donors (Lipinski definition) is 2. The third-order valence-corrected chi connectivity index (χ3v) is 2.46. The number of aryl methyl sites for hydroxylation is 1. The van der Waals surface area contributed by atoms with Crippen molar-refractivity contribution in [1.82, 2.24) is 10.3 Å². The van der Waals surface area contributed by atoms with Gasteiger partial charge < -0.3 is 10.6 Å². The standard InChI is InChI=1S/C12H19N3O/c1-9-7-10(5-6-14-9)15-11(16)8-12(2,3)13-4/h5-7,13H,8H2,1-4H3,(H,14,15,16). The van der Waals surface area contributed by atoms with Crippen LogP contribution in [-0.2, 0) is 4.79 Å². The first-order valence-electron chi connectivity index (χ1n) is 5.34. The Morgan fingerprint density at radius 3 is 2.75 bits per heavy atom. The van der Waals surface area contributed by atoms with Crippen LogP contribution in [0.2, 0.25) is 0 Å². The van der Waals surface area contributed by atoms with E-state index in [1.54, 1.807) is 12.3 Å². The van der Waals surface area contributed by atoms with E-state index in [4.69, 9.17) is 0 Å². The highest BCUT2D eigenvalue weighted by Crippen LogP contribution is 2.11. The van der Waals surface area contributed by atoms with E-state index >= 15 is 0 Å². The first-order chi connectivity index (χ1) is 7.43. The van der Waals surface area contributed by atoms with Gasteiger partial charge in [0.05, 0.1) is 0 Å². The van der Waals surface area contributed by atoms with Crippen molar-refractivity contribution >= 4 is 11.6 Å². The van der Waals surface area contributed by atoms with Crippen molar-refractivity contribution in [2.45, 2.75) is 32.7 Å². The molecule has 0 aliphatic rings. The predicted molar refractivity (Wildman–Crippen MR) is 65.4 cm³/mol. The molecule has 16 heavy (non-hydrogen) atoms. The molecule has 0 unspecified atom stereocenters. The Labute approximate surface area is 96.5 Å². The lowest BCUT2D eigenvalue weighted by atomic mass is 10.0. The Kier molecular flexibility index (Phi) is 4.01. The van der Waals surface area contributed by atoms with Gasteiger partial charge >= 0.3 is 0 Å². The van der Waals surface area contributed by atoms with Crippen molar-refractivity contribution in [1.29, 1.82) is 0 Å². The predicted octanol–water partition coefficient (Wildman–Crippen LogP) is 1.72. The number of anilines is 1. The number of carbonyl (C=O) groups excluding carboxylic acids is 1. The molecule has 0 saturated carbocycles. The summed E-state index contributed by atoms with van der Waals surface area (Å²) in [5, 5.41) is 5.95. The summed E-state index contributed by atoms with van der Waals surface area (Å²) in [5.41, 5.74) is 1.50. The van der Waals surface area contributed by atoms with Crippen molar-refractivity contribution in [2.75, 3.05) is 12.4 Å². The van der Waals surface area contributed by atoms with Crippen molar-refractivity contribution < 1.29 is 4.79 Å². The van der Waals surface area contributed by atoms with Gasteiger partial charge in [-0.25, -0.2) is 0 Å². The number of nitrogens with one attached hydrogen (secondary N) is 2. The summed E-state index contributed by atoms with van der Waals surface area (Å²) < 4.78 is 0. The zero-order chi connectivity index (χ0) is 12.2. The van der Waals surface area contributed by atoms with E-state index in [1.165, 1.54) is 0 Å². The Balaban J connectivity index is 2.59. The Bertz CT molecular complexity index is 374. The second-order valence-electron chi connectivity index (χ2n) is 4.54. The third-order valence-electron chi connectivity index (χ3n) is 2.46. The van der Waals surface area contributed by atoms with Crippen LogP contribution in [0.4, 0.5) is 5.69 Å². The average molecular weight is 221 g/mol. The van der Waals surface area contributed by atoms with Crippen LogP contribution >= 0.6 is 0 Å². The second kappa shape index (κ2) is 5.07. The normalized spacial score (nSPS) is 11.2. The van der Waals surface area contributed by atoms with Crippen LogP contribution in [0.15, 0.2) is 18.3 Å². The fourth-order valence-corrected chi connectivity index (χ4v) is 1.32. The lowest BCUT2D eigenvalue weighted by Gasteiger charge is -2.23. The summed E-state index contributed by atoms with van der Waals surface area (Å²) in [4.78, 5) is 15.8. The molecule has 0 aliphatic heterocycles. The number of pyridine rings is 1.